The van der Waals surface area contributed by atoms with Crippen molar-refractivity contribution >= 4 is 5.78 Å². The number of Topliss-reactive ketones (excluding diaryl/α,β-unsaturated/α-hetero) is 1. The number of hydrogen-bond acceptors (Lipinski definition) is 2. The molecule has 1 saturated heterocycles. The van der Waals surface area contributed by atoms with Crippen LogP contribution in [-0.4, -0.2) is 18.9 Å². The zero-order valence-electron chi connectivity index (χ0n) is 12.1. The van der Waals surface area contributed by atoms with Crippen LogP contribution in [-0.2, 0) is 17.4 Å². The molecule has 2 rings (SSSR count). The minimum Gasteiger partial charge on any atom is -0.317 e. The van der Waals surface area contributed by atoms with Crippen molar-refractivity contribution in [2.75, 3.05) is 13.1 Å². The molecule has 116 valence electrons. The fraction of sp³-hybridized carbons (Fsp3) is 0.562. The van der Waals surface area contributed by atoms with Crippen molar-refractivity contribution in [1.82, 2.24) is 5.32 Å². The Kier molecular flexibility index (Phi) is 4.71. The molecule has 0 radical (unpaired) electrons. The second-order valence-corrected chi connectivity index (χ2v) is 5.68. The van der Waals surface area contributed by atoms with E-state index in [0.717, 1.165) is 44.5 Å². The molecule has 0 amide bonds. The SMILES string of the molecule is CCC1(C(=O)Cc2ccc(C(F)(F)F)cc2)CCNCC1. The smallest absolute Gasteiger partial charge is 0.317 e. The average Bonchev–Trinajstić information content (AvgIpc) is 2.47. The van der Waals surface area contributed by atoms with Crippen molar-refractivity contribution in [1.29, 1.82) is 0 Å². The molecule has 2 nitrogen and oxygen atoms in total. The van der Waals surface area contributed by atoms with Crippen LogP contribution in [0.15, 0.2) is 24.3 Å². The summed E-state index contributed by atoms with van der Waals surface area (Å²) >= 11 is 0. The highest BCUT2D eigenvalue weighted by atomic mass is 19.4. The number of hydrogen-bond donors (Lipinski definition) is 1. The minimum atomic E-state index is -4.33. The fourth-order valence-electron chi connectivity index (χ4n) is 2.92. The number of nitrogens with one attached hydrogen (secondary N) is 1. The van der Waals surface area contributed by atoms with E-state index in [1.54, 1.807) is 0 Å². The van der Waals surface area contributed by atoms with Crippen molar-refractivity contribution < 1.29 is 18.0 Å². The monoisotopic (exact) mass is 299 g/mol. The maximum atomic E-state index is 12.6. The topological polar surface area (TPSA) is 29.1 Å². The minimum absolute atomic E-state index is 0.145. The first-order valence-electron chi connectivity index (χ1n) is 7.27. The molecule has 1 N–H and O–H groups in total. The Labute approximate surface area is 122 Å². The van der Waals surface area contributed by atoms with E-state index in [9.17, 15) is 18.0 Å². The van der Waals surface area contributed by atoms with Gasteiger partial charge in [-0.1, -0.05) is 19.1 Å². The quantitative estimate of drug-likeness (QED) is 0.920. The van der Waals surface area contributed by atoms with Crippen LogP contribution in [0.5, 0.6) is 0 Å². The summed E-state index contributed by atoms with van der Waals surface area (Å²) in [5.41, 5.74) is -0.335. The van der Waals surface area contributed by atoms with Gasteiger partial charge in [-0.05, 0) is 50.0 Å². The van der Waals surface area contributed by atoms with Gasteiger partial charge in [0.25, 0.3) is 0 Å². The second-order valence-electron chi connectivity index (χ2n) is 5.68. The Morgan fingerprint density at radius 3 is 2.24 bits per heavy atom. The molecular weight excluding hydrogens is 279 g/mol. The molecule has 0 bridgehead atoms. The summed E-state index contributed by atoms with van der Waals surface area (Å²) in [6.07, 6.45) is -1.71. The molecule has 1 aliphatic rings. The van der Waals surface area contributed by atoms with Gasteiger partial charge < -0.3 is 5.32 Å². The molecule has 0 spiro atoms. The highest BCUT2D eigenvalue weighted by molar-refractivity contribution is 5.87. The number of benzene rings is 1. The van der Waals surface area contributed by atoms with Crippen LogP contribution in [0.4, 0.5) is 13.2 Å². The summed E-state index contributed by atoms with van der Waals surface area (Å²) in [6.45, 7) is 3.66. The van der Waals surface area contributed by atoms with Gasteiger partial charge in [0.05, 0.1) is 5.56 Å². The molecule has 1 fully saturated rings. The summed E-state index contributed by atoms with van der Waals surface area (Å²) < 4.78 is 37.5. The van der Waals surface area contributed by atoms with Gasteiger partial charge >= 0.3 is 6.18 Å². The third-order valence-electron chi connectivity index (χ3n) is 4.47. The molecule has 1 aromatic rings. The standard InChI is InChI=1S/C16H20F3NO/c1-2-15(7-9-20-10-8-15)14(21)11-12-3-5-13(6-4-12)16(17,18)19/h3-6,20H,2,7-11H2,1H3. The van der Waals surface area contributed by atoms with E-state index in [2.05, 4.69) is 5.32 Å². The first-order valence-corrected chi connectivity index (χ1v) is 7.27. The maximum absolute atomic E-state index is 12.6. The lowest BCUT2D eigenvalue weighted by Crippen LogP contribution is -2.42. The Morgan fingerprint density at radius 1 is 1.19 bits per heavy atom. The van der Waals surface area contributed by atoms with E-state index in [1.165, 1.54) is 12.1 Å². The van der Waals surface area contributed by atoms with Crippen molar-refractivity contribution in [3.8, 4) is 0 Å². The van der Waals surface area contributed by atoms with Crippen molar-refractivity contribution in [3.05, 3.63) is 35.4 Å². The van der Waals surface area contributed by atoms with Gasteiger partial charge in [-0.15, -0.1) is 0 Å². The van der Waals surface area contributed by atoms with E-state index in [4.69, 9.17) is 0 Å². The second kappa shape index (κ2) is 6.18. The number of ketones is 1. The molecule has 1 aliphatic heterocycles. The Balaban J connectivity index is 2.08. The number of carbonyl (C=O) groups is 1. The lowest BCUT2D eigenvalue weighted by molar-refractivity contribution is -0.137. The zero-order chi connectivity index (χ0) is 15.5. The third-order valence-corrected chi connectivity index (χ3v) is 4.47. The van der Waals surface area contributed by atoms with Crippen molar-refractivity contribution in [3.63, 3.8) is 0 Å². The van der Waals surface area contributed by atoms with Crippen LogP contribution in [0.1, 0.15) is 37.3 Å². The molecule has 0 atom stereocenters. The van der Waals surface area contributed by atoms with Crippen LogP contribution in [0.3, 0.4) is 0 Å². The van der Waals surface area contributed by atoms with E-state index >= 15 is 0 Å². The van der Waals surface area contributed by atoms with Crippen molar-refractivity contribution in [2.24, 2.45) is 5.41 Å². The summed E-state index contributed by atoms with van der Waals surface area (Å²) in [5, 5.41) is 3.24. The number of halogens is 3. The largest absolute Gasteiger partial charge is 0.416 e. The molecule has 5 heteroatoms. The predicted octanol–water partition coefficient (Wildman–Crippen LogP) is 3.60. The van der Waals surface area contributed by atoms with Crippen LogP contribution in [0.25, 0.3) is 0 Å². The molecule has 0 saturated carbocycles. The van der Waals surface area contributed by atoms with Gasteiger partial charge in [-0.2, -0.15) is 13.2 Å². The Hall–Kier alpha value is -1.36. The van der Waals surface area contributed by atoms with E-state index in [-0.39, 0.29) is 17.6 Å². The first-order chi connectivity index (χ1) is 9.87. The van der Waals surface area contributed by atoms with Crippen LogP contribution >= 0.6 is 0 Å². The van der Waals surface area contributed by atoms with E-state index < -0.39 is 11.7 Å². The van der Waals surface area contributed by atoms with Gasteiger partial charge in [0, 0.05) is 11.8 Å². The summed E-state index contributed by atoms with van der Waals surface area (Å²) in [7, 11) is 0. The summed E-state index contributed by atoms with van der Waals surface area (Å²) in [4.78, 5) is 12.6. The van der Waals surface area contributed by atoms with Gasteiger partial charge in [-0.3, -0.25) is 4.79 Å². The van der Waals surface area contributed by atoms with Crippen LogP contribution in [0.2, 0.25) is 0 Å². The molecule has 0 aliphatic carbocycles. The Morgan fingerprint density at radius 2 is 1.76 bits per heavy atom. The van der Waals surface area contributed by atoms with E-state index in [1.807, 2.05) is 6.92 Å². The normalized spacial score (nSPS) is 18.5. The lowest BCUT2D eigenvalue weighted by atomic mass is 9.72. The highest BCUT2D eigenvalue weighted by Gasteiger charge is 2.37. The number of rotatable bonds is 4. The third kappa shape index (κ3) is 3.64. The number of alkyl halides is 3. The van der Waals surface area contributed by atoms with Gasteiger partial charge in [0.15, 0.2) is 0 Å². The van der Waals surface area contributed by atoms with Gasteiger partial charge in [-0.25, -0.2) is 0 Å². The molecule has 1 aromatic carbocycles. The summed E-state index contributed by atoms with van der Waals surface area (Å²) in [6, 6.07) is 4.91. The van der Waals surface area contributed by atoms with E-state index in [0.29, 0.717) is 5.56 Å². The fourth-order valence-corrected chi connectivity index (χ4v) is 2.92. The molecule has 1 heterocycles. The highest BCUT2D eigenvalue weighted by Crippen LogP contribution is 2.35. The van der Waals surface area contributed by atoms with Crippen LogP contribution in [0, 0.1) is 5.41 Å². The maximum Gasteiger partial charge on any atom is 0.416 e. The van der Waals surface area contributed by atoms with Gasteiger partial charge in [0.1, 0.15) is 5.78 Å². The first kappa shape index (κ1) is 16.0. The number of carbonyl (C=O) groups excluding carboxylic acids is 1. The zero-order valence-corrected chi connectivity index (χ0v) is 12.1. The molecule has 0 unspecified atom stereocenters. The molecule has 21 heavy (non-hydrogen) atoms. The molecular formula is C16H20F3NO. The predicted molar refractivity (Wildman–Crippen MR) is 75.0 cm³/mol. The lowest BCUT2D eigenvalue weighted by Gasteiger charge is -2.35. The molecule has 0 aromatic heterocycles. The number of piperidine rings is 1. The van der Waals surface area contributed by atoms with Crippen LogP contribution < -0.4 is 5.32 Å². The van der Waals surface area contributed by atoms with Crippen molar-refractivity contribution in [2.45, 2.75) is 38.8 Å². The average molecular weight is 299 g/mol. The van der Waals surface area contributed by atoms with Gasteiger partial charge in [0.2, 0.25) is 0 Å². The summed E-state index contributed by atoms with van der Waals surface area (Å²) in [5.74, 6) is 0.145. The Bertz CT molecular complexity index is 487.